The number of ether oxygens (including phenoxy) is 1. The number of allylic oxidation sites excluding steroid dienone is 1. The maximum atomic E-state index is 11.8. The first-order valence-electron chi connectivity index (χ1n) is 7.41. The van der Waals surface area contributed by atoms with Crippen molar-refractivity contribution in [3.63, 3.8) is 0 Å². The van der Waals surface area contributed by atoms with E-state index in [1.165, 1.54) is 12.8 Å². The van der Waals surface area contributed by atoms with Gasteiger partial charge < -0.3 is 4.74 Å². The summed E-state index contributed by atoms with van der Waals surface area (Å²) in [5.41, 5.74) is 0. The Morgan fingerprint density at radius 3 is 2.72 bits per heavy atom. The van der Waals surface area contributed by atoms with E-state index >= 15 is 0 Å². The molecular weight excluding hydrogens is 224 g/mol. The van der Waals surface area contributed by atoms with E-state index in [4.69, 9.17) is 4.74 Å². The maximum Gasteiger partial charge on any atom is 0.330 e. The molecule has 0 amide bonds. The van der Waals surface area contributed by atoms with Crippen molar-refractivity contribution < 1.29 is 9.53 Å². The van der Waals surface area contributed by atoms with Crippen molar-refractivity contribution >= 4 is 5.97 Å². The smallest absolute Gasteiger partial charge is 0.330 e. The zero-order valence-electron chi connectivity index (χ0n) is 12.3. The Kier molecular flexibility index (Phi) is 6.45. The van der Waals surface area contributed by atoms with Gasteiger partial charge in [0.2, 0.25) is 0 Å². The van der Waals surface area contributed by atoms with E-state index < -0.39 is 0 Å². The summed E-state index contributed by atoms with van der Waals surface area (Å²) >= 11 is 0. The molecule has 0 radical (unpaired) electrons. The Morgan fingerprint density at radius 1 is 1.39 bits per heavy atom. The van der Waals surface area contributed by atoms with Crippen LogP contribution in [0.3, 0.4) is 0 Å². The van der Waals surface area contributed by atoms with Crippen molar-refractivity contribution in [1.82, 2.24) is 0 Å². The minimum Gasteiger partial charge on any atom is -0.459 e. The Labute approximate surface area is 112 Å². The Balaban J connectivity index is 2.52. The SMILES string of the molecule is CCC/C=C/C(=O)O[C@H]1C[C@@H](C)CC[C@@H]1C(C)C. The summed E-state index contributed by atoms with van der Waals surface area (Å²) in [5.74, 6) is 1.64. The van der Waals surface area contributed by atoms with Crippen molar-refractivity contribution in [2.24, 2.45) is 17.8 Å². The number of hydrogen-bond acceptors (Lipinski definition) is 2. The van der Waals surface area contributed by atoms with Gasteiger partial charge in [-0.05, 0) is 37.0 Å². The fourth-order valence-corrected chi connectivity index (χ4v) is 2.78. The van der Waals surface area contributed by atoms with Crippen LogP contribution in [0.4, 0.5) is 0 Å². The molecule has 2 nitrogen and oxygen atoms in total. The van der Waals surface area contributed by atoms with Gasteiger partial charge in [0.25, 0.3) is 0 Å². The standard InChI is InChI=1S/C16H28O2/c1-5-6-7-8-16(17)18-15-11-13(4)9-10-14(15)12(2)3/h7-8,12-15H,5-6,9-11H2,1-4H3/b8-7+/t13-,14+,15-/m0/s1. The summed E-state index contributed by atoms with van der Waals surface area (Å²) in [6, 6.07) is 0. The average molecular weight is 252 g/mol. The minimum absolute atomic E-state index is 0.118. The third-order valence-electron chi connectivity index (χ3n) is 3.94. The summed E-state index contributed by atoms with van der Waals surface area (Å²) in [4.78, 5) is 11.8. The van der Waals surface area contributed by atoms with Gasteiger partial charge in [0.1, 0.15) is 6.10 Å². The zero-order chi connectivity index (χ0) is 13.5. The van der Waals surface area contributed by atoms with Crippen molar-refractivity contribution in [2.45, 2.75) is 65.9 Å². The molecule has 2 heteroatoms. The molecule has 1 aliphatic carbocycles. The van der Waals surface area contributed by atoms with E-state index in [9.17, 15) is 4.79 Å². The third kappa shape index (κ3) is 4.83. The topological polar surface area (TPSA) is 26.3 Å². The van der Waals surface area contributed by atoms with Crippen LogP contribution in [0.5, 0.6) is 0 Å². The van der Waals surface area contributed by atoms with Crippen molar-refractivity contribution in [3.05, 3.63) is 12.2 Å². The zero-order valence-corrected chi connectivity index (χ0v) is 12.3. The molecule has 0 aliphatic heterocycles. The predicted octanol–water partition coefficient (Wildman–Crippen LogP) is 4.35. The summed E-state index contributed by atoms with van der Waals surface area (Å²) in [6.07, 6.45) is 9.13. The van der Waals surface area contributed by atoms with Gasteiger partial charge in [-0.25, -0.2) is 4.79 Å². The second-order valence-corrected chi connectivity index (χ2v) is 5.99. The molecule has 18 heavy (non-hydrogen) atoms. The van der Waals surface area contributed by atoms with Crippen molar-refractivity contribution in [2.75, 3.05) is 0 Å². The van der Waals surface area contributed by atoms with Crippen LogP contribution in [-0.4, -0.2) is 12.1 Å². The van der Waals surface area contributed by atoms with Gasteiger partial charge >= 0.3 is 5.97 Å². The van der Waals surface area contributed by atoms with Crippen LogP contribution < -0.4 is 0 Å². The van der Waals surface area contributed by atoms with E-state index in [2.05, 4.69) is 27.7 Å². The van der Waals surface area contributed by atoms with Gasteiger partial charge in [0.05, 0.1) is 0 Å². The summed E-state index contributed by atoms with van der Waals surface area (Å²) in [7, 11) is 0. The van der Waals surface area contributed by atoms with Crippen LogP contribution in [-0.2, 0) is 9.53 Å². The Bertz CT molecular complexity index is 281. The number of hydrogen-bond donors (Lipinski definition) is 0. The molecule has 0 heterocycles. The minimum atomic E-state index is -0.159. The molecule has 0 aromatic carbocycles. The molecule has 1 rings (SSSR count). The number of carbonyl (C=O) groups is 1. The molecule has 0 aromatic rings. The van der Waals surface area contributed by atoms with Gasteiger partial charge in [0, 0.05) is 6.08 Å². The summed E-state index contributed by atoms with van der Waals surface area (Å²) < 4.78 is 5.66. The van der Waals surface area contributed by atoms with Gasteiger partial charge in [-0.2, -0.15) is 0 Å². The Hall–Kier alpha value is -0.790. The van der Waals surface area contributed by atoms with Crippen LogP contribution >= 0.6 is 0 Å². The summed E-state index contributed by atoms with van der Waals surface area (Å²) in [6.45, 7) is 8.82. The lowest BCUT2D eigenvalue weighted by Gasteiger charge is -2.36. The summed E-state index contributed by atoms with van der Waals surface area (Å²) in [5, 5.41) is 0. The molecule has 0 N–H and O–H groups in total. The molecule has 0 aromatic heterocycles. The lowest BCUT2D eigenvalue weighted by molar-refractivity contribution is -0.149. The molecule has 104 valence electrons. The highest BCUT2D eigenvalue weighted by atomic mass is 16.5. The normalized spacial score (nSPS) is 28.8. The first-order chi connectivity index (χ1) is 8.54. The number of rotatable bonds is 5. The maximum absolute atomic E-state index is 11.8. The molecule has 3 atom stereocenters. The molecule has 0 spiro atoms. The predicted molar refractivity (Wildman–Crippen MR) is 75.3 cm³/mol. The monoisotopic (exact) mass is 252 g/mol. The Morgan fingerprint density at radius 2 is 2.11 bits per heavy atom. The molecule has 1 aliphatic rings. The van der Waals surface area contributed by atoms with Crippen molar-refractivity contribution in [3.8, 4) is 0 Å². The molecule has 1 fully saturated rings. The second-order valence-electron chi connectivity index (χ2n) is 5.99. The van der Waals surface area contributed by atoms with Crippen LogP contribution in [0.2, 0.25) is 0 Å². The van der Waals surface area contributed by atoms with E-state index in [1.54, 1.807) is 6.08 Å². The average Bonchev–Trinajstić information content (AvgIpc) is 2.29. The molecule has 0 saturated heterocycles. The van der Waals surface area contributed by atoms with E-state index in [-0.39, 0.29) is 12.1 Å². The number of carbonyl (C=O) groups excluding carboxylic acids is 1. The van der Waals surface area contributed by atoms with Crippen LogP contribution in [0, 0.1) is 17.8 Å². The van der Waals surface area contributed by atoms with Crippen molar-refractivity contribution in [1.29, 1.82) is 0 Å². The van der Waals surface area contributed by atoms with E-state index in [0.29, 0.717) is 17.8 Å². The van der Waals surface area contributed by atoms with Crippen LogP contribution in [0.25, 0.3) is 0 Å². The highest BCUT2D eigenvalue weighted by Gasteiger charge is 2.32. The lowest BCUT2D eigenvalue weighted by Crippen LogP contribution is -2.35. The van der Waals surface area contributed by atoms with E-state index in [0.717, 1.165) is 19.3 Å². The lowest BCUT2D eigenvalue weighted by atomic mass is 9.75. The fraction of sp³-hybridized carbons (Fsp3) is 0.812. The highest BCUT2D eigenvalue weighted by Crippen LogP contribution is 2.35. The highest BCUT2D eigenvalue weighted by molar-refractivity contribution is 5.82. The largest absolute Gasteiger partial charge is 0.459 e. The van der Waals surface area contributed by atoms with Gasteiger partial charge in [0.15, 0.2) is 0 Å². The fourth-order valence-electron chi connectivity index (χ4n) is 2.78. The van der Waals surface area contributed by atoms with Gasteiger partial charge in [-0.1, -0.05) is 46.6 Å². The van der Waals surface area contributed by atoms with Crippen LogP contribution in [0.15, 0.2) is 12.2 Å². The molecular formula is C16H28O2. The first kappa shape index (κ1) is 15.3. The number of unbranched alkanes of at least 4 members (excludes halogenated alkanes) is 1. The van der Waals surface area contributed by atoms with Gasteiger partial charge in [-0.3, -0.25) is 0 Å². The second kappa shape index (κ2) is 7.60. The van der Waals surface area contributed by atoms with E-state index in [1.807, 2.05) is 6.08 Å². The quantitative estimate of drug-likeness (QED) is 0.537. The third-order valence-corrected chi connectivity index (χ3v) is 3.94. The molecule has 0 unspecified atom stereocenters. The molecule has 0 bridgehead atoms. The van der Waals surface area contributed by atoms with Gasteiger partial charge in [-0.15, -0.1) is 0 Å². The first-order valence-corrected chi connectivity index (χ1v) is 7.41. The molecule has 1 saturated carbocycles. The number of esters is 1. The van der Waals surface area contributed by atoms with Crippen LogP contribution in [0.1, 0.15) is 59.8 Å².